The molecule has 0 aliphatic carbocycles. The van der Waals surface area contributed by atoms with Crippen molar-refractivity contribution in [1.29, 1.82) is 0 Å². The Morgan fingerprint density at radius 1 is 0.714 bits per heavy atom. The van der Waals surface area contributed by atoms with Crippen LogP contribution in [0.2, 0.25) is 0 Å². The summed E-state index contributed by atoms with van der Waals surface area (Å²) in [7, 11) is 4.78. The minimum absolute atomic E-state index is 0.00485. The van der Waals surface area contributed by atoms with Gasteiger partial charge < -0.3 is 19.5 Å². The molecule has 6 aromatic rings. The maximum absolute atomic E-state index is 15.3. The number of methoxy groups -OCH3 is 3. The first-order chi connectivity index (χ1) is 27.2. The van der Waals surface area contributed by atoms with Crippen molar-refractivity contribution in [2.45, 2.75) is 49.5 Å². The van der Waals surface area contributed by atoms with E-state index in [1.807, 2.05) is 89.2 Å². The van der Waals surface area contributed by atoms with Crippen molar-refractivity contribution >= 4 is 11.9 Å². The molecule has 0 radical (unpaired) electrons. The summed E-state index contributed by atoms with van der Waals surface area (Å²) >= 11 is 1.05. The van der Waals surface area contributed by atoms with Gasteiger partial charge in [0.1, 0.15) is 17.2 Å². The van der Waals surface area contributed by atoms with Gasteiger partial charge in [-0.25, -0.2) is 8.99 Å². The normalized spacial score (nSPS) is 13.6. The second-order valence-corrected chi connectivity index (χ2v) is 14.7. The predicted molar refractivity (Wildman–Crippen MR) is 212 cm³/mol. The molecule has 9 nitrogen and oxygen atoms in total. The highest BCUT2D eigenvalue weighted by atomic mass is 32.2. The van der Waals surface area contributed by atoms with E-state index in [0.29, 0.717) is 47.4 Å². The number of benzene rings is 5. The maximum Gasteiger partial charge on any atom is 0.417 e. The fourth-order valence-electron chi connectivity index (χ4n) is 6.97. The smallest absolute Gasteiger partial charge is 0.417 e. The van der Waals surface area contributed by atoms with Crippen LogP contribution in [0.4, 0.5) is 13.2 Å². The van der Waals surface area contributed by atoms with Gasteiger partial charge in [-0.05, 0) is 130 Å². The zero-order valence-corrected chi connectivity index (χ0v) is 32.2. The number of rotatable bonds is 14. The molecule has 7 rings (SSSR count). The van der Waals surface area contributed by atoms with E-state index >= 15 is 13.2 Å². The third-order valence-corrected chi connectivity index (χ3v) is 11.1. The quantitative estimate of drug-likeness (QED) is 0.109. The molecule has 1 saturated heterocycles. The molecule has 13 heteroatoms. The average Bonchev–Trinajstić information content (AvgIpc) is 3.68. The van der Waals surface area contributed by atoms with Crippen LogP contribution in [-0.2, 0) is 25.8 Å². The van der Waals surface area contributed by atoms with Crippen LogP contribution >= 0.6 is 11.9 Å². The molecule has 1 aromatic heterocycles. The first-order valence-corrected chi connectivity index (χ1v) is 19.1. The number of alkyl halides is 3. The molecule has 0 saturated carbocycles. The Hall–Kier alpha value is -5.37. The molecule has 5 aromatic carbocycles. The van der Waals surface area contributed by atoms with Crippen molar-refractivity contribution in [3.63, 3.8) is 0 Å². The summed E-state index contributed by atoms with van der Waals surface area (Å²) in [6.07, 6.45) is -2.62. The molecule has 1 N–H and O–H groups in total. The topological polar surface area (TPSA) is 86.6 Å². The van der Waals surface area contributed by atoms with Crippen LogP contribution in [0.25, 0.3) is 22.5 Å². The molecule has 1 aliphatic rings. The molecule has 0 amide bonds. The Labute approximate surface area is 328 Å². The number of tetrazole rings is 1. The van der Waals surface area contributed by atoms with Crippen LogP contribution in [-0.4, -0.2) is 58.9 Å². The van der Waals surface area contributed by atoms with Gasteiger partial charge in [0, 0.05) is 23.5 Å². The summed E-state index contributed by atoms with van der Waals surface area (Å²) in [6.45, 7) is 2.78. The lowest BCUT2D eigenvalue weighted by atomic mass is 9.88. The second-order valence-electron chi connectivity index (χ2n) is 13.6. The first-order valence-electron chi connectivity index (χ1n) is 18.4. The summed E-state index contributed by atoms with van der Waals surface area (Å²) in [5.41, 5.74) is 4.75. The van der Waals surface area contributed by atoms with E-state index < -0.39 is 11.7 Å². The molecule has 290 valence electrons. The van der Waals surface area contributed by atoms with E-state index in [0.717, 1.165) is 60.1 Å². The number of aromatic nitrogens is 4. The number of nitrogens with zero attached hydrogens (tertiary/aromatic N) is 5. The van der Waals surface area contributed by atoms with E-state index in [1.54, 1.807) is 32.1 Å². The Bertz CT molecular complexity index is 2140. The Balaban J connectivity index is 1.38. The van der Waals surface area contributed by atoms with Gasteiger partial charge in [0.25, 0.3) is 0 Å². The van der Waals surface area contributed by atoms with Crippen LogP contribution < -0.4 is 19.5 Å². The van der Waals surface area contributed by atoms with Crippen molar-refractivity contribution in [2.24, 2.45) is 0 Å². The summed E-state index contributed by atoms with van der Waals surface area (Å²) in [5, 5.41) is 16.2. The molecule has 0 unspecified atom stereocenters. The van der Waals surface area contributed by atoms with Gasteiger partial charge in [0.2, 0.25) is 0 Å². The molecule has 56 heavy (non-hydrogen) atoms. The van der Waals surface area contributed by atoms with Crippen LogP contribution in [0.1, 0.15) is 46.6 Å². The molecule has 0 bridgehead atoms. The average molecular weight is 781 g/mol. The largest absolute Gasteiger partial charge is 0.497 e. The Morgan fingerprint density at radius 2 is 1.25 bits per heavy atom. The van der Waals surface area contributed by atoms with E-state index in [9.17, 15) is 0 Å². The number of halogens is 3. The van der Waals surface area contributed by atoms with Crippen LogP contribution in [0.3, 0.4) is 0 Å². The van der Waals surface area contributed by atoms with E-state index in [2.05, 4.69) is 33.0 Å². The van der Waals surface area contributed by atoms with Gasteiger partial charge in [0.15, 0.2) is 5.82 Å². The van der Waals surface area contributed by atoms with Crippen molar-refractivity contribution in [2.75, 3.05) is 34.4 Å². The van der Waals surface area contributed by atoms with Crippen LogP contribution in [0.15, 0.2) is 114 Å². The molecular weight excluding hydrogens is 738 g/mol. The number of nitrogens with one attached hydrogen (secondary N) is 1. The zero-order valence-electron chi connectivity index (χ0n) is 31.4. The van der Waals surface area contributed by atoms with Gasteiger partial charge in [-0.1, -0.05) is 66.7 Å². The molecule has 0 atom stereocenters. The predicted octanol–water partition coefficient (Wildman–Crippen LogP) is 9.28. The van der Waals surface area contributed by atoms with Crippen LogP contribution in [0.5, 0.6) is 17.2 Å². The maximum atomic E-state index is 15.3. The summed E-state index contributed by atoms with van der Waals surface area (Å²) < 4.78 is 65.5. The third kappa shape index (κ3) is 9.18. The highest BCUT2D eigenvalue weighted by Crippen LogP contribution is 2.48. The molecular formula is C43H43F3N6O3S. The lowest BCUT2D eigenvalue weighted by Crippen LogP contribution is -2.26. The standard InChI is InChI=1S/C43H43F3N6O3S/c1-53-35-14-4-29(5-15-35)26-51(27-30-6-16-36(54-2)17-7-30)56-41-39(43(44,45)46)21-20-38(34-12-10-32(11-13-34)33-22-24-47-25-23-33)40(41)42-48-49-50-52(42)28-31-8-18-37(55-3)19-9-31/h4-21,33,47H,22-28H2,1-3H3. The van der Waals surface area contributed by atoms with Gasteiger partial charge >= 0.3 is 6.18 Å². The summed E-state index contributed by atoms with van der Waals surface area (Å²) in [4.78, 5) is 0.00485. The van der Waals surface area contributed by atoms with Crippen LogP contribution in [0, 0.1) is 0 Å². The molecule has 0 spiro atoms. The Morgan fingerprint density at radius 3 is 1.77 bits per heavy atom. The van der Waals surface area contributed by atoms with Crippen molar-refractivity contribution < 1.29 is 27.4 Å². The first kappa shape index (κ1) is 38.9. The highest BCUT2D eigenvalue weighted by Gasteiger charge is 2.38. The van der Waals surface area contributed by atoms with Crippen molar-refractivity contribution in [3.8, 4) is 39.8 Å². The van der Waals surface area contributed by atoms with Gasteiger partial charge in [0.05, 0.1) is 33.4 Å². The molecule has 1 fully saturated rings. The lowest BCUT2D eigenvalue weighted by Gasteiger charge is -2.26. The highest BCUT2D eigenvalue weighted by molar-refractivity contribution is 7.97. The van der Waals surface area contributed by atoms with E-state index in [4.69, 9.17) is 14.2 Å². The molecule has 1 aliphatic heterocycles. The SMILES string of the molecule is COc1ccc(CN(Cc2ccc(OC)cc2)Sc2c(C(F)(F)F)ccc(-c3ccc(C4CCNCC4)cc3)c2-c2nnnn2Cc2ccc(OC)cc2)cc1. The van der Waals surface area contributed by atoms with Crippen molar-refractivity contribution in [3.05, 3.63) is 137 Å². The van der Waals surface area contributed by atoms with E-state index in [1.165, 1.54) is 11.6 Å². The zero-order chi connectivity index (χ0) is 39.1. The van der Waals surface area contributed by atoms with Gasteiger partial charge in [-0.15, -0.1) is 5.10 Å². The third-order valence-electron chi connectivity index (χ3n) is 10.00. The summed E-state index contributed by atoms with van der Waals surface area (Å²) in [5.74, 6) is 2.70. The monoisotopic (exact) mass is 780 g/mol. The minimum atomic E-state index is -4.69. The minimum Gasteiger partial charge on any atom is -0.497 e. The molecule has 2 heterocycles. The fraction of sp³-hybridized carbons (Fsp3) is 0.279. The van der Waals surface area contributed by atoms with Crippen molar-refractivity contribution in [1.82, 2.24) is 29.8 Å². The van der Waals surface area contributed by atoms with Gasteiger partial charge in [-0.2, -0.15) is 13.2 Å². The number of piperidine rings is 1. The second kappa shape index (κ2) is 17.6. The lowest BCUT2D eigenvalue weighted by molar-refractivity contribution is -0.139. The fourth-order valence-corrected chi connectivity index (χ4v) is 8.23. The van der Waals surface area contributed by atoms with Gasteiger partial charge in [-0.3, -0.25) is 0 Å². The Kier molecular flexibility index (Phi) is 12.2. The summed E-state index contributed by atoms with van der Waals surface area (Å²) in [6, 6.07) is 33.4. The number of ether oxygens (including phenoxy) is 3. The van der Waals surface area contributed by atoms with E-state index in [-0.39, 0.29) is 17.3 Å². The number of hydrogen-bond acceptors (Lipinski definition) is 9. The number of hydrogen-bond donors (Lipinski definition) is 1.